The van der Waals surface area contributed by atoms with Gasteiger partial charge in [0, 0.05) is 17.7 Å². The lowest BCUT2D eigenvalue weighted by Crippen LogP contribution is -2.45. The van der Waals surface area contributed by atoms with Gasteiger partial charge in [-0.1, -0.05) is 18.6 Å². The zero-order valence-electron chi connectivity index (χ0n) is 14.0. The third kappa shape index (κ3) is 5.37. The second-order valence-electron chi connectivity index (χ2n) is 6.27. The Balaban J connectivity index is 2.34. The summed E-state index contributed by atoms with van der Waals surface area (Å²) in [4.78, 5) is 7.09. The summed E-state index contributed by atoms with van der Waals surface area (Å²) in [6.45, 7) is 14.6. The molecule has 1 rings (SSSR count). The van der Waals surface area contributed by atoms with E-state index in [1.165, 1.54) is 37.9 Å². The van der Waals surface area contributed by atoms with Crippen LogP contribution in [-0.4, -0.2) is 42.6 Å². The summed E-state index contributed by atoms with van der Waals surface area (Å²) >= 11 is 0. The molecule has 3 nitrogen and oxygen atoms in total. The van der Waals surface area contributed by atoms with Crippen molar-refractivity contribution in [3.05, 3.63) is 11.6 Å². The molecule has 0 spiro atoms. The number of allylic oxidation sites excluding steroid dienone is 2. The summed E-state index contributed by atoms with van der Waals surface area (Å²) in [7, 11) is 0. The number of hydrogen-bond donors (Lipinski definition) is 0. The van der Waals surface area contributed by atoms with E-state index in [0.717, 1.165) is 18.7 Å². The SMILES string of the molecule is C/C=C(\C)C/C(C)=N\COC[C@@]1(C)CCCN1CCC. The van der Waals surface area contributed by atoms with Crippen molar-refractivity contribution in [3.63, 3.8) is 0 Å². The zero-order chi connectivity index (χ0) is 15.0. The van der Waals surface area contributed by atoms with Gasteiger partial charge in [-0.2, -0.15) is 0 Å². The Morgan fingerprint density at radius 1 is 1.40 bits per heavy atom. The van der Waals surface area contributed by atoms with E-state index in [0.29, 0.717) is 6.73 Å². The lowest BCUT2D eigenvalue weighted by atomic mass is 10.0. The van der Waals surface area contributed by atoms with E-state index in [4.69, 9.17) is 4.74 Å². The monoisotopic (exact) mass is 280 g/mol. The van der Waals surface area contributed by atoms with Crippen molar-refractivity contribution in [1.29, 1.82) is 0 Å². The fourth-order valence-corrected chi connectivity index (χ4v) is 2.88. The van der Waals surface area contributed by atoms with Gasteiger partial charge in [-0.3, -0.25) is 9.89 Å². The minimum absolute atomic E-state index is 0.221. The fourth-order valence-electron chi connectivity index (χ4n) is 2.88. The largest absolute Gasteiger partial charge is 0.357 e. The Kier molecular flexibility index (Phi) is 7.46. The fraction of sp³-hybridized carbons (Fsp3) is 0.824. The van der Waals surface area contributed by atoms with Crippen molar-refractivity contribution in [2.45, 2.75) is 65.8 Å². The Morgan fingerprint density at radius 2 is 2.15 bits per heavy atom. The van der Waals surface area contributed by atoms with Crippen LogP contribution in [0, 0.1) is 0 Å². The van der Waals surface area contributed by atoms with E-state index >= 15 is 0 Å². The van der Waals surface area contributed by atoms with Gasteiger partial charge >= 0.3 is 0 Å². The van der Waals surface area contributed by atoms with E-state index in [9.17, 15) is 0 Å². The van der Waals surface area contributed by atoms with E-state index in [1.807, 2.05) is 0 Å². The molecule has 1 aliphatic rings. The number of likely N-dealkylation sites (tertiary alicyclic amines) is 1. The smallest absolute Gasteiger partial charge is 0.137 e. The highest BCUT2D eigenvalue weighted by atomic mass is 16.5. The predicted molar refractivity (Wildman–Crippen MR) is 87.5 cm³/mol. The highest BCUT2D eigenvalue weighted by molar-refractivity contribution is 5.83. The number of hydrogen-bond acceptors (Lipinski definition) is 3. The van der Waals surface area contributed by atoms with Crippen LogP contribution in [0.25, 0.3) is 0 Å². The molecule has 3 heteroatoms. The average Bonchev–Trinajstić information content (AvgIpc) is 2.77. The molecule has 1 saturated heterocycles. The number of ether oxygens (including phenoxy) is 1. The van der Waals surface area contributed by atoms with E-state index in [2.05, 4.69) is 50.6 Å². The molecule has 0 saturated carbocycles. The van der Waals surface area contributed by atoms with Gasteiger partial charge in [-0.15, -0.1) is 0 Å². The summed E-state index contributed by atoms with van der Waals surface area (Å²) in [5.41, 5.74) is 2.74. The Morgan fingerprint density at radius 3 is 2.80 bits per heavy atom. The maximum Gasteiger partial charge on any atom is 0.137 e. The van der Waals surface area contributed by atoms with Crippen molar-refractivity contribution < 1.29 is 4.74 Å². The topological polar surface area (TPSA) is 24.8 Å². The highest BCUT2D eigenvalue weighted by Gasteiger charge is 2.35. The van der Waals surface area contributed by atoms with Crippen LogP contribution in [0.5, 0.6) is 0 Å². The summed E-state index contributed by atoms with van der Waals surface area (Å²) in [5.74, 6) is 0. The molecular formula is C17H32N2O. The lowest BCUT2D eigenvalue weighted by Gasteiger charge is -2.34. The summed E-state index contributed by atoms with van der Waals surface area (Å²) in [6.07, 6.45) is 6.85. The maximum absolute atomic E-state index is 5.83. The molecule has 0 aliphatic carbocycles. The number of rotatable bonds is 8. The molecule has 0 radical (unpaired) electrons. The molecular weight excluding hydrogens is 248 g/mol. The summed E-state index contributed by atoms with van der Waals surface area (Å²) < 4.78 is 5.83. The third-order valence-electron chi connectivity index (χ3n) is 4.27. The first kappa shape index (κ1) is 17.4. The molecule has 0 aromatic rings. The standard InChI is InChI=1S/C17H32N2O/c1-6-10-19-11-8-9-17(19,5)13-20-14-18-16(4)12-15(3)7-2/h7H,6,8-14H2,1-5H3/b15-7+,18-16-/t17-/m1/s1. The molecule has 0 aromatic carbocycles. The highest BCUT2D eigenvalue weighted by Crippen LogP contribution is 2.29. The first-order valence-corrected chi connectivity index (χ1v) is 7.96. The first-order chi connectivity index (χ1) is 9.51. The van der Waals surface area contributed by atoms with Gasteiger partial charge in [0.25, 0.3) is 0 Å². The molecule has 0 unspecified atom stereocenters. The van der Waals surface area contributed by atoms with Crippen LogP contribution in [-0.2, 0) is 4.74 Å². The predicted octanol–water partition coefficient (Wildman–Crippen LogP) is 4.04. The molecule has 1 fully saturated rings. The van der Waals surface area contributed by atoms with Crippen molar-refractivity contribution in [2.75, 3.05) is 26.4 Å². The molecule has 1 atom stereocenters. The quantitative estimate of drug-likeness (QED) is 0.381. The van der Waals surface area contributed by atoms with Gasteiger partial charge in [-0.05, 0) is 60.0 Å². The maximum atomic E-state index is 5.83. The van der Waals surface area contributed by atoms with Crippen LogP contribution < -0.4 is 0 Å². The first-order valence-electron chi connectivity index (χ1n) is 7.96. The Labute approximate surface area is 125 Å². The molecule has 1 aliphatic heterocycles. The van der Waals surface area contributed by atoms with E-state index in [1.54, 1.807) is 0 Å². The van der Waals surface area contributed by atoms with Crippen molar-refractivity contribution >= 4 is 5.71 Å². The molecule has 0 amide bonds. The Bertz CT molecular complexity index is 349. The molecule has 0 N–H and O–H groups in total. The van der Waals surface area contributed by atoms with Gasteiger partial charge in [0.05, 0.1) is 6.61 Å². The molecule has 1 heterocycles. The van der Waals surface area contributed by atoms with Gasteiger partial charge < -0.3 is 4.74 Å². The molecule has 0 bridgehead atoms. The Hall–Kier alpha value is -0.670. The summed E-state index contributed by atoms with van der Waals surface area (Å²) in [5, 5.41) is 0. The third-order valence-corrected chi connectivity index (χ3v) is 4.27. The molecule has 20 heavy (non-hydrogen) atoms. The summed E-state index contributed by atoms with van der Waals surface area (Å²) in [6, 6.07) is 0. The van der Waals surface area contributed by atoms with Crippen molar-refractivity contribution in [1.82, 2.24) is 4.90 Å². The second kappa shape index (κ2) is 8.58. The number of nitrogens with zero attached hydrogens (tertiary/aromatic N) is 2. The number of aliphatic imine (C=N–C) groups is 1. The van der Waals surface area contributed by atoms with Crippen LogP contribution in [0.4, 0.5) is 0 Å². The van der Waals surface area contributed by atoms with Gasteiger partial charge in [0.2, 0.25) is 0 Å². The van der Waals surface area contributed by atoms with Crippen LogP contribution in [0.1, 0.15) is 60.3 Å². The lowest BCUT2D eigenvalue weighted by molar-refractivity contribution is 0.0277. The average molecular weight is 280 g/mol. The van der Waals surface area contributed by atoms with Gasteiger partial charge in [0.1, 0.15) is 6.73 Å². The van der Waals surface area contributed by atoms with Gasteiger partial charge in [-0.25, -0.2) is 0 Å². The normalized spacial score (nSPS) is 25.4. The van der Waals surface area contributed by atoms with Gasteiger partial charge in [0.15, 0.2) is 0 Å². The molecule has 116 valence electrons. The van der Waals surface area contributed by atoms with Crippen LogP contribution in [0.3, 0.4) is 0 Å². The van der Waals surface area contributed by atoms with E-state index in [-0.39, 0.29) is 5.54 Å². The van der Waals surface area contributed by atoms with E-state index < -0.39 is 0 Å². The minimum atomic E-state index is 0.221. The zero-order valence-corrected chi connectivity index (χ0v) is 14.0. The van der Waals surface area contributed by atoms with Crippen molar-refractivity contribution in [2.24, 2.45) is 4.99 Å². The van der Waals surface area contributed by atoms with Crippen LogP contribution in [0.15, 0.2) is 16.6 Å². The second-order valence-corrected chi connectivity index (χ2v) is 6.27. The van der Waals surface area contributed by atoms with Crippen LogP contribution >= 0.6 is 0 Å². The van der Waals surface area contributed by atoms with Crippen molar-refractivity contribution in [3.8, 4) is 0 Å². The molecule has 0 aromatic heterocycles. The minimum Gasteiger partial charge on any atom is -0.357 e. The van der Waals surface area contributed by atoms with Crippen LogP contribution in [0.2, 0.25) is 0 Å².